The standard InChI is InChI=1S/C10H12O/c11-10-6-9(7-10)8-4-2-1-3-5-8/h1-5,9-11H,6-7H2/t9-,10-. The molecular weight excluding hydrogens is 136 g/mol. The average Bonchev–Trinajstić information content (AvgIpc) is 2.01. The van der Waals surface area contributed by atoms with Crippen molar-refractivity contribution >= 4 is 0 Å². The highest BCUT2D eigenvalue weighted by Gasteiger charge is 2.27. The van der Waals surface area contributed by atoms with Crippen LogP contribution in [0.4, 0.5) is 0 Å². The molecule has 1 N–H and O–H groups in total. The van der Waals surface area contributed by atoms with Crippen molar-refractivity contribution in [2.45, 2.75) is 24.9 Å². The third kappa shape index (κ3) is 1.29. The van der Waals surface area contributed by atoms with Gasteiger partial charge in [0.1, 0.15) is 0 Å². The number of rotatable bonds is 1. The maximum absolute atomic E-state index is 9.08. The lowest BCUT2D eigenvalue weighted by Crippen LogP contribution is -2.26. The van der Waals surface area contributed by atoms with Crippen molar-refractivity contribution in [3.05, 3.63) is 35.9 Å². The summed E-state index contributed by atoms with van der Waals surface area (Å²) in [7, 11) is 0. The van der Waals surface area contributed by atoms with Gasteiger partial charge >= 0.3 is 0 Å². The Morgan fingerprint density at radius 2 is 1.73 bits per heavy atom. The maximum Gasteiger partial charge on any atom is 0.0552 e. The zero-order chi connectivity index (χ0) is 7.68. The molecule has 0 heterocycles. The molecule has 0 amide bonds. The molecule has 0 atom stereocenters. The Hall–Kier alpha value is -0.820. The first kappa shape index (κ1) is 6.86. The summed E-state index contributed by atoms with van der Waals surface area (Å²) in [4.78, 5) is 0. The number of aliphatic hydroxyl groups excluding tert-OH is 1. The Morgan fingerprint density at radius 3 is 2.27 bits per heavy atom. The summed E-state index contributed by atoms with van der Waals surface area (Å²) in [5.41, 5.74) is 1.37. The second-order valence-corrected chi connectivity index (χ2v) is 3.23. The van der Waals surface area contributed by atoms with E-state index in [9.17, 15) is 0 Å². The van der Waals surface area contributed by atoms with Crippen LogP contribution in [0.2, 0.25) is 0 Å². The van der Waals surface area contributed by atoms with Crippen LogP contribution in [0.1, 0.15) is 24.3 Å². The van der Waals surface area contributed by atoms with Crippen LogP contribution in [0, 0.1) is 0 Å². The fraction of sp³-hybridized carbons (Fsp3) is 0.400. The summed E-state index contributed by atoms with van der Waals surface area (Å²) < 4.78 is 0. The van der Waals surface area contributed by atoms with Crippen LogP contribution in [0.5, 0.6) is 0 Å². The van der Waals surface area contributed by atoms with Gasteiger partial charge < -0.3 is 5.11 Å². The molecule has 1 aliphatic rings. The molecule has 1 nitrogen and oxygen atoms in total. The van der Waals surface area contributed by atoms with Crippen molar-refractivity contribution in [3.8, 4) is 0 Å². The number of hydrogen-bond acceptors (Lipinski definition) is 1. The molecule has 1 heteroatoms. The van der Waals surface area contributed by atoms with Gasteiger partial charge in [-0.3, -0.25) is 0 Å². The van der Waals surface area contributed by atoms with E-state index in [0.717, 1.165) is 12.8 Å². The van der Waals surface area contributed by atoms with Crippen molar-refractivity contribution in [2.75, 3.05) is 0 Å². The van der Waals surface area contributed by atoms with Gasteiger partial charge in [-0.1, -0.05) is 30.3 Å². The fourth-order valence-corrected chi connectivity index (χ4v) is 1.59. The second-order valence-electron chi connectivity index (χ2n) is 3.23. The van der Waals surface area contributed by atoms with Gasteiger partial charge in [-0.15, -0.1) is 0 Å². The molecule has 1 saturated carbocycles. The molecule has 0 bridgehead atoms. The zero-order valence-corrected chi connectivity index (χ0v) is 6.40. The topological polar surface area (TPSA) is 20.2 Å². The first-order valence-corrected chi connectivity index (χ1v) is 4.09. The Labute approximate surface area is 66.7 Å². The number of hydrogen-bond donors (Lipinski definition) is 1. The molecular formula is C10H12O. The quantitative estimate of drug-likeness (QED) is 0.645. The summed E-state index contributed by atoms with van der Waals surface area (Å²) in [6, 6.07) is 10.4. The highest BCUT2D eigenvalue weighted by atomic mass is 16.3. The van der Waals surface area contributed by atoms with Crippen molar-refractivity contribution in [2.24, 2.45) is 0 Å². The second kappa shape index (κ2) is 2.67. The number of benzene rings is 1. The minimum absolute atomic E-state index is 0.0415. The van der Waals surface area contributed by atoms with Crippen molar-refractivity contribution < 1.29 is 5.11 Å². The molecule has 0 spiro atoms. The zero-order valence-electron chi connectivity index (χ0n) is 6.40. The summed E-state index contributed by atoms with van der Waals surface area (Å²) >= 11 is 0. The molecule has 1 aliphatic carbocycles. The van der Waals surface area contributed by atoms with Gasteiger partial charge in [-0.05, 0) is 24.3 Å². The van der Waals surface area contributed by atoms with Crippen LogP contribution >= 0.6 is 0 Å². The third-order valence-electron chi connectivity index (χ3n) is 2.38. The van der Waals surface area contributed by atoms with Gasteiger partial charge in [-0.25, -0.2) is 0 Å². The highest BCUT2D eigenvalue weighted by Crippen LogP contribution is 2.36. The van der Waals surface area contributed by atoms with E-state index in [1.165, 1.54) is 5.56 Å². The summed E-state index contributed by atoms with van der Waals surface area (Å²) in [6.07, 6.45) is 1.86. The molecule has 0 aliphatic heterocycles. The monoisotopic (exact) mass is 148 g/mol. The van der Waals surface area contributed by atoms with Crippen LogP contribution in [-0.2, 0) is 0 Å². The van der Waals surface area contributed by atoms with Crippen LogP contribution in [-0.4, -0.2) is 11.2 Å². The van der Waals surface area contributed by atoms with Gasteiger partial charge in [0, 0.05) is 0 Å². The first-order valence-electron chi connectivity index (χ1n) is 4.09. The lowest BCUT2D eigenvalue weighted by Gasteiger charge is -2.31. The molecule has 58 valence electrons. The maximum atomic E-state index is 9.08. The lowest BCUT2D eigenvalue weighted by molar-refractivity contribution is 0.0746. The minimum Gasteiger partial charge on any atom is -0.393 e. The molecule has 0 radical (unpaired) electrons. The summed E-state index contributed by atoms with van der Waals surface area (Å²) in [5.74, 6) is 0.617. The van der Waals surface area contributed by atoms with E-state index in [1.54, 1.807) is 0 Å². The van der Waals surface area contributed by atoms with Crippen LogP contribution in [0.15, 0.2) is 30.3 Å². The summed E-state index contributed by atoms with van der Waals surface area (Å²) in [6.45, 7) is 0. The highest BCUT2D eigenvalue weighted by molar-refractivity contribution is 5.22. The minimum atomic E-state index is -0.0415. The van der Waals surface area contributed by atoms with Crippen molar-refractivity contribution in [3.63, 3.8) is 0 Å². The molecule has 2 rings (SSSR count). The van der Waals surface area contributed by atoms with Crippen molar-refractivity contribution in [1.82, 2.24) is 0 Å². The summed E-state index contributed by atoms with van der Waals surface area (Å²) in [5, 5.41) is 9.08. The number of aliphatic hydroxyl groups is 1. The van der Waals surface area contributed by atoms with Crippen LogP contribution in [0.25, 0.3) is 0 Å². The van der Waals surface area contributed by atoms with Crippen LogP contribution in [0.3, 0.4) is 0 Å². The third-order valence-corrected chi connectivity index (χ3v) is 2.38. The first-order chi connectivity index (χ1) is 5.36. The Bertz CT molecular complexity index is 224. The largest absolute Gasteiger partial charge is 0.393 e. The lowest BCUT2D eigenvalue weighted by atomic mass is 9.78. The van der Waals surface area contributed by atoms with E-state index in [1.807, 2.05) is 6.07 Å². The average molecular weight is 148 g/mol. The van der Waals surface area contributed by atoms with E-state index in [0.29, 0.717) is 5.92 Å². The van der Waals surface area contributed by atoms with Gasteiger partial charge in [0.15, 0.2) is 0 Å². The van der Waals surface area contributed by atoms with E-state index in [2.05, 4.69) is 24.3 Å². The van der Waals surface area contributed by atoms with Crippen molar-refractivity contribution in [1.29, 1.82) is 0 Å². The van der Waals surface area contributed by atoms with E-state index < -0.39 is 0 Å². The SMILES string of the molecule is O[C@H]1C[C@H](c2ccccc2)C1. The Kier molecular flexibility index (Phi) is 1.66. The Morgan fingerprint density at radius 1 is 1.09 bits per heavy atom. The van der Waals surface area contributed by atoms with E-state index in [-0.39, 0.29) is 6.10 Å². The van der Waals surface area contributed by atoms with Gasteiger partial charge in [-0.2, -0.15) is 0 Å². The molecule has 1 aromatic carbocycles. The molecule has 0 aromatic heterocycles. The molecule has 0 unspecified atom stereocenters. The molecule has 1 aromatic rings. The normalized spacial score (nSPS) is 29.5. The smallest absolute Gasteiger partial charge is 0.0552 e. The fourth-order valence-electron chi connectivity index (χ4n) is 1.59. The van der Waals surface area contributed by atoms with Crippen LogP contribution < -0.4 is 0 Å². The van der Waals surface area contributed by atoms with Gasteiger partial charge in [0.25, 0.3) is 0 Å². The van der Waals surface area contributed by atoms with E-state index in [4.69, 9.17) is 5.11 Å². The molecule has 0 saturated heterocycles. The predicted octanol–water partition coefficient (Wildman–Crippen LogP) is 1.92. The molecule has 1 fully saturated rings. The Balaban J connectivity index is 2.08. The predicted molar refractivity (Wildman–Crippen MR) is 44.4 cm³/mol. The van der Waals surface area contributed by atoms with Gasteiger partial charge in [0.05, 0.1) is 6.10 Å². The van der Waals surface area contributed by atoms with Gasteiger partial charge in [0.2, 0.25) is 0 Å². The molecule has 11 heavy (non-hydrogen) atoms. The van der Waals surface area contributed by atoms with E-state index >= 15 is 0 Å².